The molecule has 0 saturated carbocycles. The van der Waals surface area contributed by atoms with Crippen molar-refractivity contribution in [3.63, 3.8) is 0 Å². The molecule has 1 aromatic carbocycles. The highest BCUT2D eigenvalue weighted by molar-refractivity contribution is 6.33. The smallest absolute Gasteiger partial charge is 0.164 e. The monoisotopic (exact) mass is 499 g/mol. The largest absolute Gasteiger partial charge is 0.396 e. The average Bonchev–Trinajstić information content (AvgIpc) is 3.46. The van der Waals surface area contributed by atoms with Crippen LogP contribution in [-0.4, -0.2) is 62.5 Å². The minimum Gasteiger partial charge on any atom is -0.396 e. The molecule has 2 aliphatic rings. The van der Waals surface area contributed by atoms with Gasteiger partial charge in [-0.3, -0.25) is 0 Å². The van der Waals surface area contributed by atoms with Crippen molar-refractivity contribution in [2.75, 3.05) is 13.2 Å². The second-order valence-corrected chi connectivity index (χ2v) is 8.95. The zero-order chi connectivity index (χ0) is 23.8. The molecule has 4 atom stereocenters. The SMILES string of the molecule is CC1(C)OC2COC(C(O)c3ccc(Cl)c(F)c3CCO)C2O1.Clc1ncnc2[nH]ccc12. The van der Waals surface area contributed by atoms with Gasteiger partial charge in [-0.2, -0.15) is 0 Å². The molecule has 0 bridgehead atoms. The maximum atomic E-state index is 14.2. The Morgan fingerprint density at radius 3 is 2.76 bits per heavy atom. The minimum absolute atomic E-state index is 0.0452. The van der Waals surface area contributed by atoms with Crippen molar-refractivity contribution in [2.24, 2.45) is 0 Å². The summed E-state index contributed by atoms with van der Waals surface area (Å²) in [6.45, 7) is 3.66. The standard InChI is InChI=1S/C16H20ClFO5.C6H4ClN3/c1-16(2)22-11-7-21-15(14(11)23-16)13(20)9-3-4-10(17)12(18)8(9)5-6-19;7-5-4-1-2-8-6(4)10-3-9-5/h3-4,11,13-15,19-20H,5-7H2,1-2H3;1-3H,(H,8,9,10). The van der Waals surface area contributed by atoms with Gasteiger partial charge in [-0.05, 0) is 43.5 Å². The van der Waals surface area contributed by atoms with Gasteiger partial charge < -0.3 is 29.4 Å². The summed E-state index contributed by atoms with van der Waals surface area (Å²) in [7, 11) is 0. The molecule has 2 fully saturated rings. The molecule has 3 aromatic rings. The van der Waals surface area contributed by atoms with Crippen molar-refractivity contribution < 1.29 is 28.8 Å². The number of rotatable bonds is 4. The molecule has 0 radical (unpaired) electrons. The van der Waals surface area contributed by atoms with Gasteiger partial charge in [0.1, 0.15) is 47.4 Å². The van der Waals surface area contributed by atoms with Gasteiger partial charge in [0.2, 0.25) is 0 Å². The first-order valence-corrected chi connectivity index (χ1v) is 11.1. The number of hydrogen-bond donors (Lipinski definition) is 3. The number of aliphatic hydroxyl groups excluding tert-OH is 2. The van der Waals surface area contributed by atoms with Crippen LogP contribution in [0.1, 0.15) is 31.1 Å². The van der Waals surface area contributed by atoms with E-state index in [4.69, 9.17) is 42.5 Å². The molecule has 4 unspecified atom stereocenters. The van der Waals surface area contributed by atoms with Crippen LogP contribution >= 0.6 is 23.2 Å². The molecule has 2 aromatic heterocycles. The van der Waals surface area contributed by atoms with Crippen molar-refractivity contribution in [3.8, 4) is 0 Å². The van der Waals surface area contributed by atoms with Crippen LogP contribution < -0.4 is 0 Å². The van der Waals surface area contributed by atoms with Crippen molar-refractivity contribution in [3.05, 3.63) is 57.8 Å². The fraction of sp³-hybridized carbons (Fsp3) is 0.455. The Morgan fingerprint density at radius 2 is 2.03 bits per heavy atom. The number of aromatic nitrogens is 3. The number of aromatic amines is 1. The first-order chi connectivity index (χ1) is 15.7. The number of fused-ring (bicyclic) bond motifs is 2. The van der Waals surface area contributed by atoms with Gasteiger partial charge in [0.05, 0.1) is 17.0 Å². The molecular weight excluding hydrogens is 476 g/mol. The Kier molecular flexibility index (Phi) is 7.20. The molecule has 0 amide bonds. The third-order valence-electron chi connectivity index (χ3n) is 5.53. The number of ether oxygens (including phenoxy) is 3. The molecule has 0 aliphatic carbocycles. The lowest BCUT2D eigenvalue weighted by atomic mass is 9.93. The number of benzene rings is 1. The Bertz CT molecular complexity index is 1130. The summed E-state index contributed by atoms with van der Waals surface area (Å²) in [6, 6.07) is 4.79. The van der Waals surface area contributed by atoms with Gasteiger partial charge in [0, 0.05) is 12.8 Å². The van der Waals surface area contributed by atoms with E-state index in [1.165, 1.54) is 12.4 Å². The summed E-state index contributed by atoms with van der Waals surface area (Å²) in [5, 5.41) is 21.2. The summed E-state index contributed by atoms with van der Waals surface area (Å²) in [6.07, 6.45) is 0.814. The van der Waals surface area contributed by atoms with Crippen LogP contribution in [0.3, 0.4) is 0 Å². The summed E-state index contributed by atoms with van der Waals surface area (Å²) in [5.74, 6) is -1.37. The maximum Gasteiger partial charge on any atom is 0.164 e. The summed E-state index contributed by atoms with van der Waals surface area (Å²) < 4.78 is 31.4. The molecule has 8 nitrogen and oxygen atoms in total. The number of aliphatic hydroxyl groups is 2. The molecule has 4 heterocycles. The summed E-state index contributed by atoms with van der Waals surface area (Å²) in [4.78, 5) is 10.7. The number of H-pyrrole nitrogens is 1. The number of nitrogens with zero attached hydrogens (tertiary/aromatic N) is 2. The average molecular weight is 500 g/mol. The third kappa shape index (κ3) is 5.00. The van der Waals surface area contributed by atoms with E-state index in [0.29, 0.717) is 17.3 Å². The quantitative estimate of drug-likeness (QED) is 0.470. The highest BCUT2D eigenvalue weighted by Crippen LogP contribution is 2.40. The van der Waals surface area contributed by atoms with E-state index in [-0.39, 0.29) is 29.7 Å². The third-order valence-corrected chi connectivity index (χ3v) is 6.12. The Balaban J connectivity index is 0.000000214. The van der Waals surface area contributed by atoms with Crippen LogP contribution in [0.15, 0.2) is 30.7 Å². The molecular formula is C22H24Cl2FN3O5. The van der Waals surface area contributed by atoms with E-state index >= 15 is 0 Å². The van der Waals surface area contributed by atoms with Gasteiger partial charge in [0.25, 0.3) is 0 Å². The van der Waals surface area contributed by atoms with Crippen LogP contribution in [0.5, 0.6) is 0 Å². The van der Waals surface area contributed by atoms with E-state index in [1.807, 2.05) is 6.07 Å². The van der Waals surface area contributed by atoms with Gasteiger partial charge in [0.15, 0.2) is 5.79 Å². The first kappa shape index (κ1) is 24.3. The predicted molar refractivity (Wildman–Crippen MR) is 120 cm³/mol. The summed E-state index contributed by atoms with van der Waals surface area (Å²) in [5.41, 5.74) is 1.32. The number of nitrogens with one attached hydrogen (secondary N) is 1. The number of hydrogen-bond acceptors (Lipinski definition) is 7. The zero-order valence-electron chi connectivity index (χ0n) is 18.0. The van der Waals surface area contributed by atoms with Crippen molar-refractivity contribution in [1.29, 1.82) is 0 Å². The van der Waals surface area contributed by atoms with E-state index in [1.54, 1.807) is 26.1 Å². The molecule has 5 rings (SSSR count). The molecule has 2 aliphatic heterocycles. The van der Waals surface area contributed by atoms with Crippen LogP contribution in [-0.2, 0) is 20.6 Å². The molecule has 11 heteroatoms. The van der Waals surface area contributed by atoms with Gasteiger partial charge in [-0.1, -0.05) is 29.3 Å². The Hall–Kier alpha value is -1.85. The first-order valence-electron chi connectivity index (χ1n) is 10.4. The molecule has 178 valence electrons. The lowest BCUT2D eigenvalue weighted by Crippen LogP contribution is -2.34. The Labute approximate surface area is 199 Å². The Morgan fingerprint density at radius 1 is 1.24 bits per heavy atom. The van der Waals surface area contributed by atoms with Crippen LogP contribution in [0.25, 0.3) is 11.0 Å². The van der Waals surface area contributed by atoms with Crippen LogP contribution in [0.4, 0.5) is 4.39 Å². The van der Waals surface area contributed by atoms with Crippen molar-refractivity contribution >= 4 is 34.2 Å². The fourth-order valence-electron chi connectivity index (χ4n) is 4.11. The lowest BCUT2D eigenvalue weighted by Gasteiger charge is -2.26. The van der Waals surface area contributed by atoms with Crippen molar-refractivity contribution in [2.45, 2.75) is 50.5 Å². The molecule has 33 heavy (non-hydrogen) atoms. The lowest BCUT2D eigenvalue weighted by molar-refractivity contribution is -0.184. The molecule has 0 spiro atoms. The predicted octanol–water partition coefficient (Wildman–Crippen LogP) is 3.58. The molecule has 2 saturated heterocycles. The van der Waals surface area contributed by atoms with Crippen molar-refractivity contribution in [1.82, 2.24) is 15.0 Å². The maximum absolute atomic E-state index is 14.2. The van der Waals surface area contributed by atoms with E-state index in [9.17, 15) is 9.50 Å². The van der Waals surface area contributed by atoms with E-state index < -0.39 is 29.9 Å². The second kappa shape index (κ2) is 9.79. The summed E-state index contributed by atoms with van der Waals surface area (Å²) >= 11 is 11.5. The van der Waals surface area contributed by atoms with E-state index in [2.05, 4.69) is 15.0 Å². The zero-order valence-corrected chi connectivity index (χ0v) is 19.5. The highest BCUT2D eigenvalue weighted by Gasteiger charge is 2.52. The second-order valence-electron chi connectivity index (χ2n) is 8.19. The minimum atomic E-state index is -1.10. The van der Waals surface area contributed by atoms with Gasteiger partial charge in [-0.15, -0.1) is 0 Å². The van der Waals surface area contributed by atoms with Gasteiger partial charge in [-0.25, -0.2) is 14.4 Å². The van der Waals surface area contributed by atoms with Crippen LogP contribution in [0, 0.1) is 5.82 Å². The highest BCUT2D eigenvalue weighted by atomic mass is 35.5. The topological polar surface area (TPSA) is 110 Å². The van der Waals surface area contributed by atoms with Gasteiger partial charge >= 0.3 is 0 Å². The normalized spacial score (nSPS) is 24.4. The van der Waals surface area contributed by atoms with Crippen LogP contribution in [0.2, 0.25) is 10.2 Å². The molecule has 3 N–H and O–H groups in total. The number of halogens is 3. The fourth-order valence-corrected chi connectivity index (χ4v) is 4.48. The van der Waals surface area contributed by atoms with E-state index in [0.717, 1.165) is 11.0 Å².